The van der Waals surface area contributed by atoms with Crippen LogP contribution in [0.2, 0.25) is 0 Å². The summed E-state index contributed by atoms with van der Waals surface area (Å²) in [7, 11) is -3.81. The van der Waals surface area contributed by atoms with Gasteiger partial charge in [-0.05, 0) is 49.7 Å². The van der Waals surface area contributed by atoms with Crippen molar-refractivity contribution in [2.45, 2.75) is 31.6 Å². The molecular formula is C20H21N5O5S. The number of non-ortho nitro benzene ring substituents is 1. The number of nitro groups is 1. The summed E-state index contributed by atoms with van der Waals surface area (Å²) < 4.78 is 24.1. The monoisotopic (exact) mass is 443 g/mol. The number of primary sulfonamides is 1. The Morgan fingerprint density at radius 3 is 2.29 bits per heavy atom. The quantitative estimate of drug-likeness (QED) is 0.326. The highest BCUT2D eigenvalue weighted by Gasteiger charge is 2.18. The summed E-state index contributed by atoms with van der Waals surface area (Å²) in [4.78, 5) is 27.9. The zero-order valence-corrected chi connectivity index (χ0v) is 17.7. The highest BCUT2D eigenvalue weighted by atomic mass is 32.2. The van der Waals surface area contributed by atoms with Gasteiger partial charge in [0.15, 0.2) is 0 Å². The lowest BCUT2D eigenvalue weighted by Crippen LogP contribution is -2.19. The molecule has 11 heteroatoms. The zero-order chi connectivity index (χ0) is 22.8. The van der Waals surface area contributed by atoms with Gasteiger partial charge in [-0.1, -0.05) is 13.3 Å². The third-order valence-electron chi connectivity index (χ3n) is 4.61. The standard InChI is InChI=1S/C20H21N5O5S/c1-3-4-18-19(13(2)22-14-5-11-17(12-6-14)31(21,29)30)20(26)24(23-18)15-7-9-16(10-8-15)25(27)28/h5-12,23H,3-4H2,1-2H3,(H2,21,29,30). The molecule has 31 heavy (non-hydrogen) atoms. The van der Waals surface area contributed by atoms with Gasteiger partial charge in [-0.15, -0.1) is 0 Å². The molecule has 162 valence electrons. The van der Waals surface area contributed by atoms with Crippen molar-refractivity contribution in [3.05, 3.63) is 80.3 Å². The van der Waals surface area contributed by atoms with Gasteiger partial charge in [0.1, 0.15) is 0 Å². The van der Waals surface area contributed by atoms with Crippen LogP contribution >= 0.6 is 0 Å². The first-order chi connectivity index (χ1) is 14.6. The van der Waals surface area contributed by atoms with E-state index in [1.54, 1.807) is 6.92 Å². The first-order valence-electron chi connectivity index (χ1n) is 9.39. The van der Waals surface area contributed by atoms with Gasteiger partial charge in [0, 0.05) is 17.8 Å². The molecule has 0 amide bonds. The minimum absolute atomic E-state index is 0.0297. The average Bonchev–Trinajstić information content (AvgIpc) is 3.04. The average molecular weight is 443 g/mol. The maximum atomic E-state index is 13.1. The van der Waals surface area contributed by atoms with Gasteiger partial charge in [-0.2, -0.15) is 0 Å². The predicted molar refractivity (Wildman–Crippen MR) is 117 cm³/mol. The number of aromatic amines is 1. The van der Waals surface area contributed by atoms with Crippen LogP contribution in [0.5, 0.6) is 0 Å². The van der Waals surface area contributed by atoms with Gasteiger partial charge in [0.2, 0.25) is 10.0 Å². The van der Waals surface area contributed by atoms with Crippen LogP contribution in [0.3, 0.4) is 0 Å². The first kappa shape index (κ1) is 22.1. The summed E-state index contributed by atoms with van der Waals surface area (Å²) in [5, 5.41) is 19.0. The zero-order valence-electron chi connectivity index (χ0n) is 16.9. The van der Waals surface area contributed by atoms with Gasteiger partial charge in [0.25, 0.3) is 11.2 Å². The summed E-state index contributed by atoms with van der Waals surface area (Å²) in [6.07, 6.45) is 1.38. The van der Waals surface area contributed by atoms with Gasteiger partial charge in [0.05, 0.1) is 32.5 Å². The van der Waals surface area contributed by atoms with Crippen LogP contribution in [0.25, 0.3) is 5.69 Å². The Bertz CT molecular complexity index is 1300. The Balaban J connectivity index is 2.04. The third kappa shape index (κ3) is 4.78. The summed E-state index contributed by atoms with van der Waals surface area (Å²) in [6.45, 7) is 3.67. The van der Waals surface area contributed by atoms with E-state index in [0.717, 1.165) is 6.42 Å². The molecule has 3 aromatic rings. The van der Waals surface area contributed by atoms with Gasteiger partial charge in [-0.3, -0.25) is 25.0 Å². The Labute approximate surface area is 178 Å². The molecule has 0 saturated carbocycles. The van der Waals surface area contributed by atoms with Crippen LogP contribution in [0, 0.1) is 10.1 Å². The van der Waals surface area contributed by atoms with Crippen molar-refractivity contribution in [1.29, 1.82) is 0 Å². The third-order valence-corrected chi connectivity index (χ3v) is 5.54. The Kier molecular flexibility index (Phi) is 6.18. The number of aromatic nitrogens is 2. The molecule has 0 aliphatic rings. The molecule has 0 bridgehead atoms. The van der Waals surface area contributed by atoms with E-state index in [9.17, 15) is 23.3 Å². The molecule has 0 unspecified atom stereocenters. The molecule has 1 heterocycles. The van der Waals surface area contributed by atoms with Crippen molar-refractivity contribution in [2.24, 2.45) is 10.1 Å². The Morgan fingerprint density at radius 1 is 1.16 bits per heavy atom. The molecule has 0 aliphatic heterocycles. The molecule has 1 aromatic heterocycles. The second kappa shape index (κ2) is 8.66. The van der Waals surface area contributed by atoms with Crippen LogP contribution in [0.15, 0.2) is 63.2 Å². The number of benzene rings is 2. The van der Waals surface area contributed by atoms with Crippen LogP contribution in [0.4, 0.5) is 11.4 Å². The fraction of sp³-hybridized carbons (Fsp3) is 0.200. The summed E-state index contributed by atoms with van der Waals surface area (Å²) in [6, 6.07) is 11.4. The van der Waals surface area contributed by atoms with E-state index in [-0.39, 0.29) is 16.1 Å². The number of hydrogen-bond acceptors (Lipinski definition) is 6. The smallest absolute Gasteiger partial charge is 0.280 e. The highest BCUT2D eigenvalue weighted by Crippen LogP contribution is 2.19. The lowest BCUT2D eigenvalue weighted by molar-refractivity contribution is -0.384. The minimum atomic E-state index is -3.81. The minimum Gasteiger partial charge on any atom is -0.294 e. The number of sulfonamides is 1. The molecule has 10 nitrogen and oxygen atoms in total. The van der Waals surface area contributed by atoms with Crippen LogP contribution in [0.1, 0.15) is 31.5 Å². The highest BCUT2D eigenvalue weighted by molar-refractivity contribution is 7.89. The normalized spacial score (nSPS) is 12.2. The van der Waals surface area contributed by atoms with Crippen molar-refractivity contribution in [1.82, 2.24) is 9.78 Å². The molecule has 0 fully saturated rings. The number of H-pyrrole nitrogens is 1. The largest absolute Gasteiger partial charge is 0.294 e. The SMILES string of the molecule is CCCc1[nH]n(-c2ccc([N+](=O)[O-])cc2)c(=O)c1C(C)=Nc1ccc(S(N)(=O)=O)cc1. The van der Waals surface area contributed by atoms with Gasteiger partial charge >= 0.3 is 0 Å². The number of aliphatic imine (C=N–C) groups is 1. The predicted octanol–water partition coefficient (Wildman–Crippen LogP) is 2.81. The number of nitro benzene ring substituents is 1. The molecule has 0 atom stereocenters. The fourth-order valence-electron chi connectivity index (χ4n) is 3.15. The molecule has 3 rings (SSSR count). The molecule has 2 aromatic carbocycles. The number of rotatable bonds is 7. The molecule has 0 aliphatic carbocycles. The number of nitrogens with two attached hydrogens (primary N) is 1. The fourth-order valence-corrected chi connectivity index (χ4v) is 3.67. The van der Waals surface area contributed by atoms with E-state index in [1.807, 2.05) is 6.92 Å². The van der Waals surface area contributed by atoms with E-state index < -0.39 is 14.9 Å². The molecule has 0 saturated heterocycles. The number of hydrogen-bond donors (Lipinski definition) is 2. The van der Waals surface area contributed by atoms with Crippen molar-refractivity contribution in [3.63, 3.8) is 0 Å². The van der Waals surface area contributed by atoms with Crippen molar-refractivity contribution in [3.8, 4) is 5.69 Å². The van der Waals surface area contributed by atoms with E-state index in [4.69, 9.17) is 5.14 Å². The van der Waals surface area contributed by atoms with Crippen molar-refractivity contribution < 1.29 is 13.3 Å². The Hall–Kier alpha value is -3.57. The van der Waals surface area contributed by atoms with Crippen LogP contribution in [-0.2, 0) is 16.4 Å². The molecule has 3 N–H and O–H groups in total. The topological polar surface area (TPSA) is 153 Å². The van der Waals surface area contributed by atoms with E-state index in [1.165, 1.54) is 53.2 Å². The Morgan fingerprint density at radius 2 is 1.77 bits per heavy atom. The van der Waals surface area contributed by atoms with E-state index in [0.29, 0.717) is 34.8 Å². The van der Waals surface area contributed by atoms with Crippen LogP contribution < -0.4 is 10.7 Å². The lowest BCUT2D eigenvalue weighted by atomic mass is 10.1. The van der Waals surface area contributed by atoms with Crippen molar-refractivity contribution >= 4 is 27.1 Å². The summed E-state index contributed by atoms with van der Waals surface area (Å²) in [5.74, 6) is 0. The second-order valence-electron chi connectivity index (χ2n) is 6.87. The number of aryl methyl sites for hydroxylation is 1. The summed E-state index contributed by atoms with van der Waals surface area (Å²) >= 11 is 0. The second-order valence-corrected chi connectivity index (χ2v) is 8.43. The van der Waals surface area contributed by atoms with E-state index >= 15 is 0 Å². The van der Waals surface area contributed by atoms with Gasteiger partial charge < -0.3 is 0 Å². The van der Waals surface area contributed by atoms with Crippen molar-refractivity contribution in [2.75, 3.05) is 0 Å². The molecule has 0 radical (unpaired) electrons. The van der Waals surface area contributed by atoms with Crippen LogP contribution in [-0.4, -0.2) is 28.8 Å². The summed E-state index contributed by atoms with van der Waals surface area (Å²) in [5.41, 5.74) is 2.06. The van der Waals surface area contributed by atoms with Gasteiger partial charge in [-0.25, -0.2) is 18.2 Å². The maximum absolute atomic E-state index is 13.1. The number of nitrogens with zero attached hydrogens (tertiary/aromatic N) is 3. The molecular weight excluding hydrogens is 422 g/mol. The number of nitrogens with one attached hydrogen (secondary N) is 1. The van der Waals surface area contributed by atoms with E-state index in [2.05, 4.69) is 10.1 Å². The molecule has 0 spiro atoms. The first-order valence-corrected chi connectivity index (χ1v) is 10.9. The maximum Gasteiger partial charge on any atom is 0.280 e. The lowest BCUT2D eigenvalue weighted by Gasteiger charge is -2.02.